The summed E-state index contributed by atoms with van der Waals surface area (Å²) < 4.78 is 31.6. The van der Waals surface area contributed by atoms with Gasteiger partial charge >= 0.3 is 0 Å². The summed E-state index contributed by atoms with van der Waals surface area (Å²) >= 11 is 0. The molecule has 2 nitrogen and oxygen atoms in total. The molecule has 4 heteroatoms. The maximum Gasteiger partial charge on any atom is 0.165 e. The van der Waals surface area contributed by atoms with Gasteiger partial charge in [0.15, 0.2) is 11.6 Å². The summed E-state index contributed by atoms with van der Waals surface area (Å²) in [6.45, 7) is 3.27. The third kappa shape index (κ3) is 3.40. The fraction of sp³-hybridized carbons (Fsp3) is 0.538. The molecule has 0 saturated heterocycles. The average Bonchev–Trinajstić information content (AvgIpc) is 3.12. The van der Waals surface area contributed by atoms with E-state index in [-0.39, 0.29) is 11.8 Å². The van der Waals surface area contributed by atoms with Crippen molar-refractivity contribution < 1.29 is 13.5 Å². The Labute approximate surface area is 100.0 Å². The van der Waals surface area contributed by atoms with E-state index in [1.165, 1.54) is 12.8 Å². The molecule has 0 aromatic heterocycles. The van der Waals surface area contributed by atoms with E-state index in [0.717, 1.165) is 24.7 Å². The Morgan fingerprint density at radius 1 is 1.41 bits per heavy atom. The molecule has 1 saturated carbocycles. The van der Waals surface area contributed by atoms with Gasteiger partial charge in [-0.05, 0) is 37.4 Å². The number of hydrogen-bond acceptors (Lipinski definition) is 2. The molecule has 1 aromatic carbocycles. The summed E-state index contributed by atoms with van der Waals surface area (Å²) in [7, 11) is 0. The third-order valence-electron chi connectivity index (χ3n) is 2.97. The van der Waals surface area contributed by atoms with E-state index in [9.17, 15) is 8.78 Å². The van der Waals surface area contributed by atoms with Gasteiger partial charge in [-0.3, -0.25) is 0 Å². The highest BCUT2D eigenvalue weighted by molar-refractivity contribution is 5.24. The lowest BCUT2D eigenvalue weighted by atomic mass is 10.2. The number of hydrogen-bond donors (Lipinski definition) is 1. The highest BCUT2D eigenvalue weighted by atomic mass is 19.1. The molecule has 0 aliphatic heterocycles. The van der Waals surface area contributed by atoms with Crippen LogP contribution in [0.25, 0.3) is 0 Å². The fourth-order valence-electron chi connectivity index (χ4n) is 1.89. The van der Waals surface area contributed by atoms with Crippen molar-refractivity contribution >= 4 is 0 Å². The van der Waals surface area contributed by atoms with Crippen molar-refractivity contribution in [3.05, 3.63) is 29.8 Å². The van der Waals surface area contributed by atoms with Gasteiger partial charge in [-0.25, -0.2) is 8.78 Å². The quantitative estimate of drug-likeness (QED) is 0.826. The lowest BCUT2D eigenvalue weighted by molar-refractivity contribution is 0.241. The topological polar surface area (TPSA) is 21.3 Å². The maximum absolute atomic E-state index is 13.3. The van der Waals surface area contributed by atoms with Gasteiger partial charge in [0.25, 0.3) is 0 Å². The van der Waals surface area contributed by atoms with E-state index in [1.54, 1.807) is 0 Å². The minimum absolute atomic E-state index is 0.00597. The summed E-state index contributed by atoms with van der Waals surface area (Å²) in [5, 5.41) is 3.31. The molecular weight excluding hydrogens is 224 g/mol. The lowest BCUT2D eigenvalue weighted by Crippen LogP contribution is -2.36. The predicted octanol–water partition coefficient (Wildman–Crippen LogP) is 2.73. The number of benzene rings is 1. The molecular formula is C13H17F2NO. The Kier molecular flexibility index (Phi) is 3.94. The van der Waals surface area contributed by atoms with Crippen LogP contribution in [0.3, 0.4) is 0 Å². The first-order chi connectivity index (χ1) is 8.20. The van der Waals surface area contributed by atoms with Crippen LogP contribution in [0.2, 0.25) is 0 Å². The van der Waals surface area contributed by atoms with E-state index in [2.05, 4.69) is 5.32 Å². The van der Waals surface area contributed by atoms with Gasteiger partial charge in [-0.1, -0.05) is 6.92 Å². The van der Waals surface area contributed by atoms with Gasteiger partial charge in [0.05, 0.1) is 0 Å². The summed E-state index contributed by atoms with van der Waals surface area (Å²) in [5.74, 6) is -0.384. The molecule has 0 bridgehead atoms. The summed E-state index contributed by atoms with van der Waals surface area (Å²) in [5.41, 5.74) is 0. The van der Waals surface area contributed by atoms with E-state index >= 15 is 0 Å². The Morgan fingerprint density at radius 2 is 2.18 bits per heavy atom. The monoisotopic (exact) mass is 241 g/mol. The highest BCUT2D eigenvalue weighted by Crippen LogP contribution is 2.33. The SMILES string of the molecule is CCNC(COc1cc(F)ccc1F)C1CC1. The molecule has 0 heterocycles. The molecule has 1 unspecified atom stereocenters. The first-order valence-corrected chi connectivity index (χ1v) is 6.02. The molecule has 0 spiro atoms. The Morgan fingerprint density at radius 3 is 2.82 bits per heavy atom. The predicted molar refractivity (Wildman–Crippen MR) is 62.0 cm³/mol. The van der Waals surface area contributed by atoms with Crippen LogP contribution in [0.4, 0.5) is 8.78 Å². The molecule has 0 amide bonds. The first-order valence-electron chi connectivity index (χ1n) is 6.02. The summed E-state index contributed by atoms with van der Waals surface area (Å²) in [4.78, 5) is 0. The largest absolute Gasteiger partial charge is 0.489 e. The highest BCUT2D eigenvalue weighted by Gasteiger charge is 2.31. The van der Waals surface area contributed by atoms with Crippen molar-refractivity contribution in [3.63, 3.8) is 0 Å². The van der Waals surface area contributed by atoms with Crippen LogP contribution in [0.1, 0.15) is 19.8 Å². The Balaban J connectivity index is 1.93. The smallest absolute Gasteiger partial charge is 0.165 e. The van der Waals surface area contributed by atoms with Crippen molar-refractivity contribution in [1.82, 2.24) is 5.32 Å². The van der Waals surface area contributed by atoms with Crippen LogP contribution in [0.5, 0.6) is 5.75 Å². The van der Waals surface area contributed by atoms with Crippen LogP contribution < -0.4 is 10.1 Å². The minimum Gasteiger partial charge on any atom is -0.489 e. The van der Waals surface area contributed by atoms with Crippen molar-refractivity contribution in [2.24, 2.45) is 5.92 Å². The molecule has 1 aromatic rings. The molecule has 1 N–H and O–H groups in total. The van der Waals surface area contributed by atoms with Gasteiger partial charge in [-0.2, -0.15) is 0 Å². The zero-order chi connectivity index (χ0) is 12.3. The van der Waals surface area contributed by atoms with Crippen molar-refractivity contribution in [2.45, 2.75) is 25.8 Å². The van der Waals surface area contributed by atoms with Gasteiger partial charge in [0.1, 0.15) is 12.4 Å². The molecule has 1 fully saturated rings. The zero-order valence-electron chi connectivity index (χ0n) is 9.88. The second kappa shape index (κ2) is 5.45. The van der Waals surface area contributed by atoms with E-state index < -0.39 is 11.6 Å². The molecule has 0 radical (unpaired) electrons. The van der Waals surface area contributed by atoms with E-state index in [1.807, 2.05) is 6.92 Å². The number of halogens is 2. The van der Waals surface area contributed by atoms with Crippen LogP contribution in [0.15, 0.2) is 18.2 Å². The van der Waals surface area contributed by atoms with Crippen LogP contribution >= 0.6 is 0 Å². The third-order valence-corrected chi connectivity index (χ3v) is 2.97. The van der Waals surface area contributed by atoms with E-state index in [0.29, 0.717) is 12.5 Å². The second-order valence-corrected chi connectivity index (χ2v) is 4.39. The zero-order valence-corrected chi connectivity index (χ0v) is 9.88. The van der Waals surface area contributed by atoms with Gasteiger partial charge < -0.3 is 10.1 Å². The molecule has 17 heavy (non-hydrogen) atoms. The standard InChI is InChI=1S/C13H17F2NO/c1-2-16-12(9-3-4-9)8-17-13-7-10(14)5-6-11(13)15/h5-7,9,12,16H,2-4,8H2,1H3. The van der Waals surface area contributed by atoms with Crippen molar-refractivity contribution in [2.75, 3.05) is 13.2 Å². The van der Waals surface area contributed by atoms with Crippen molar-refractivity contribution in [1.29, 1.82) is 0 Å². The van der Waals surface area contributed by atoms with E-state index in [4.69, 9.17) is 4.74 Å². The van der Waals surface area contributed by atoms with Crippen LogP contribution in [0, 0.1) is 17.6 Å². The average molecular weight is 241 g/mol. The molecule has 1 aliphatic carbocycles. The van der Waals surface area contributed by atoms with Gasteiger partial charge in [-0.15, -0.1) is 0 Å². The van der Waals surface area contributed by atoms with Crippen LogP contribution in [-0.2, 0) is 0 Å². The van der Waals surface area contributed by atoms with Crippen molar-refractivity contribution in [3.8, 4) is 5.75 Å². The fourth-order valence-corrected chi connectivity index (χ4v) is 1.89. The Hall–Kier alpha value is -1.16. The second-order valence-electron chi connectivity index (χ2n) is 4.39. The lowest BCUT2D eigenvalue weighted by Gasteiger charge is -2.18. The number of ether oxygens (including phenoxy) is 1. The normalized spacial score (nSPS) is 16.9. The molecule has 2 rings (SSSR count). The molecule has 1 atom stereocenters. The summed E-state index contributed by atoms with van der Waals surface area (Å²) in [6, 6.07) is 3.50. The minimum atomic E-state index is -0.516. The van der Waals surface area contributed by atoms with Gasteiger partial charge in [0, 0.05) is 12.1 Å². The number of rotatable bonds is 6. The van der Waals surface area contributed by atoms with Crippen LogP contribution in [-0.4, -0.2) is 19.2 Å². The number of likely N-dealkylation sites (N-methyl/N-ethyl adjacent to an activating group) is 1. The molecule has 1 aliphatic rings. The van der Waals surface area contributed by atoms with Gasteiger partial charge in [0.2, 0.25) is 0 Å². The molecule has 94 valence electrons. The Bertz CT molecular complexity index is 380. The summed E-state index contributed by atoms with van der Waals surface area (Å²) in [6.07, 6.45) is 2.37. The first kappa shape index (κ1) is 12.3. The maximum atomic E-state index is 13.3. The number of nitrogens with one attached hydrogen (secondary N) is 1.